The predicted molar refractivity (Wildman–Crippen MR) is 94.5 cm³/mol. The second-order valence-electron chi connectivity index (χ2n) is 5.95. The van der Waals surface area contributed by atoms with Gasteiger partial charge in [-0.1, -0.05) is 12.1 Å². The zero-order valence-corrected chi connectivity index (χ0v) is 13.7. The number of hydrazone groups is 1. The van der Waals surface area contributed by atoms with Crippen LogP contribution in [0.5, 0.6) is 5.88 Å². The molecule has 0 aliphatic carbocycles. The Morgan fingerprint density at radius 1 is 1.00 bits per heavy atom. The molecule has 0 radical (unpaired) electrons. The second kappa shape index (κ2) is 6.44. The van der Waals surface area contributed by atoms with Gasteiger partial charge in [-0.25, -0.2) is 14.5 Å². The van der Waals surface area contributed by atoms with Gasteiger partial charge < -0.3 is 5.11 Å². The Bertz CT molecular complexity index is 991. The molecule has 2 aromatic carbocycles. The van der Waals surface area contributed by atoms with E-state index in [1.807, 2.05) is 24.3 Å². The summed E-state index contributed by atoms with van der Waals surface area (Å²) in [6.07, 6.45) is 1.01. The molecule has 2 N–H and O–H groups in total. The fourth-order valence-corrected chi connectivity index (χ4v) is 2.80. The first-order chi connectivity index (χ1) is 12.6. The van der Waals surface area contributed by atoms with E-state index in [1.54, 1.807) is 12.1 Å². The van der Waals surface area contributed by atoms with Crippen LogP contribution in [0.3, 0.4) is 0 Å². The molecule has 4 rings (SSSR count). The van der Waals surface area contributed by atoms with Gasteiger partial charge in [0.15, 0.2) is 0 Å². The summed E-state index contributed by atoms with van der Waals surface area (Å²) < 4.78 is 14.5. The van der Waals surface area contributed by atoms with E-state index in [9.17, 15) is 14.3 Å². The van der Waals surface area contributed by atoms with Gasteiger partial charge in [0, 0.05) is 24.5 Å². The standard InChI is InChI=1S/C19H15FN4O2/c20-14-5-1-13(2-6-14)17-11-19(26)24(23-17)15-7-3-12(4-8-15)16-9-10-18(25)22-21-16/h1-8,11,26H,9-10H2,(H,22,25). The number of halogens is 1. The molecule has 7 heteroatoms. The first kappa shape index (κ1) is 16.0. The summed E-state index contributed by atoms with van der Waals surface area (Å²) in [6, 6.07) is 14.8. The van der Waals surface area contributed by atoms with Crippen molar-refractivity contribution in [3.63, 3.8) is 0 Å². The molecular formula is C19H15FN4O2. The fourth-order valence-electron chi connectivity index (χ4n) is 2.80. The number of nitrogens with zero attached hydrogens (tertiary/aromatic N) is 3. The number of nitrogens with one attached hydrogen (secondary N) is 1. The van der Waals surface area contributed by atoms with Crippen LogP contribution < -0.4 is 5.43 Å². The SMILES string of the molecule is O=C1CCC(c2ccc(-n3nc(-c4ccc(F)cc4)cc3O)cc2)=NN1. The highest BCUT2D eigenvalue weighted by atomic mass is 19.1. The summed E-state index contributed by atoms with van der Waals surface area (Å²) in [5.74, 6) is -0.422. The van der Waals surface area contributed by atoms with Gasteiger partial charge in [-0.05, 0) is 42.0 Å². The van der Waals surface area contributed by atoms with Gasteiger partial charge >= 0.3 is 0 Å². The molecule has 0 spiro atoms. The van der Waals surface area contributed by atoms with Crippen molar-refractivity contribution in [1.29, 1.82) is 0 Å². The average Bonchev–Trinajstić information content (AvgIpc) is 3.05. The van der Waals surface area contributed by atoms with Crippen molar-refractivity contribution >= 4 is 11.6 Å². The van der Waals surface area contributed by atoms with Crippen molar-refractivity contribution in [2.24, 2.45) is 5.10 Å². The van der Waals surface area contributed by atoms with E-state index in [-0.39, 0.29) is 17.6 Å². The van der Waals surface area contributed by atoms with Gasteiger partial charge in [0.05, 0.1) is 17.1 Å². The minimum Gasteiger partial charge on any atom is -0.493 e. The molecule has 2 heterocycles. The highest BCUT2D eigenvalue weighted by Crippen LogP contribution is 2.26. The third-order valence-corrected chi connectivity index (χ3v) is 4.18. The summed E-state index contributed by atoms with van der Waals surface area (Å²) in [5, 5.41) is 18.7. The van der Waals surface area contributed by atoms with Crippen LogP contribution in [-0.4, -0.2) is 26.5 Å². The van der Waals surface area contributed by atoms with E-state index in [4.69, 9.17) is 0 Å². The molecule has 0 atom stereocenters. The maximum Gasteiger partial charge on any atom is 0.240 e. The number of carbonyl (C=O) groups excluding carboxylic acids is 1. The maximum atomic E-state index is 13.1. The number of benzene rings is 2. The Kier molecular flexibility index (Phi) is 3.96. The minimum atomic E-state index is -0.324. The first-order valence-corrected chi connectivity index (χ1v) is 8.11. The summed E-state index contributed by atoms with van der Waals surface area (Å²) in [6.45, 7) is 0. The van der Waals surface area contributed by atoms with Gasteiger partial charge in [-0.2, -0.15) is 10.2 Å². The van der Waals surface area contributed by atoms with Crippen molar-refractivity contribution in [3.05, 3.63) is 66.0 Å². The zero-order chi connectivity index (χ0) is 18.1. The molecule has 130 valence electrons. The lowest BCUT2D eigenvalue weighted by Crippen LogP contribution is -2.25. The third kappa shape index (κ3) is 3.06. The second-order valence-corrected chi connectivity index (χ2v) is 5.95. The third-order valence-electron chi connectivity index (χ3n) is 4.18. The number of aromatic hydroxyl groups is 1. The molecule has 1 aliphatic heterocycles. The molecule has 0 saturated heterocycles. The number of amides is 1. The van der Waals surface area contributed by atoms with Gasteiger partial charge in [0.1, 0.15) is 5.82 Å². The van der Waals surface area contributed by atoms with Crippen molar-refractivity contribution in [2.75, 3.05) is 0 Å². The molecule has 1 amide bonds. The quantitative estimate of drug-likeness (QED) is 0.762. The Morgan fingerprint density at radius 3 is 2.35 bits per heavy atom. The van der Waals surface area contributed by atoms with Gasteiger partial charge in [-0.15, -0.1) is 0 Å². The lowest BCUT2D eigenvalue weighted by Gasteiger charge is -2.12. The Morgan fingerprint density at radius 2 is 1.69 bits per heavy atom. The number of aromatic nitrogens is 2. The zero-order valence-electron chi connectivity index (χ0n) is 13.7. The molecular weight excluding hydrogens is 335 g/mol. The van der Waals surface area contributed by atoms with Crippen LogP contribution >= 0.6 is 0 Å². The van der Waals surface area contributed by atoms with Crippen molar-refractivity contribution in [1.82, 2.24) is 15.2 Å². The van der Waals surface area contributed by atoms with Crippen molar-refractivity contribution in [3.8, 4) is 22.8 Å². The molecule has 26 heavy (non-hydrogen) atoms. The monoisotopic (exact) mass is 350 g/mol. The lowest BCUT2D eigenvalue weighted by atomic mass is 10.0. The maximum absolute atomic E-state index is 13.1. The predicted octanol–water partition coefficient (Wildman–Crippen LogP) is 3.00. The van der Waals surface area contributed by atoms with E-state index in [1.165, 1.54) is 22.9 Å². The molecule has 6 nitrogen and oxygen atoms in total. The highest BCUT2D eigenvalue weighted by molar-refractivity contribution is 6.04. The van der Waals surface area contributed by atoms with E-state index >= 15 is 0 Å². The highest BCUT2D eigenvalue weighted by Gasteiger charge is 2.14. The van der Waals surface area contributed by atoms with E-state index in [2.05, 4.69) is 15.6 Å². The Balaban J connectivity index is 1.62. The van der Waals surface area contributed by atoms with Crippen molar-refractivity contribution in [2.45, 2.75) is 12.8 Å². The number of carbonyl (C=O) groups is 1. The van der Waals surface area contributed by atoms with Gasteiger partial charge in [0.2, 0.25) is 11.8 Å². The average molecular weight is 350 g/mol. The molecule has 3 aromatic rings. The van der Waals surface area contributed by atoms with Crippen LogP contribution in [0.15, 0.2) is 59.7 Å². The Hall–Kier alpha value is -3.48. The largest absolute Gasteiger partial charge is 0.493 e. The number of rotatable bonds is 3. The first-order valence-electron chi connectivity index (χ1n) is 8.11. The van der Waals surface area contributed by atoms with E-state index in [0.717, 1.165) is 11.3 Å². The van der Waals surface area contributed by atoms with Crippen LogP contribution in [0.25, 0.3) is 16.9 Å². The van der Waals surface area contributed by atoms with Gasteiger partial charge in [-0.3, -0.25) is 4.79 Å². The summed E-state index contributed by atoms with van der Waals surface area (Å²) >= 11 is 0. The summed E-state index contributed by atoms with van der Waals surface area (Å²) in [5.41, 5.74) is 6.13. The van der Waals surface area contributed by atoms with E-state index < -0.39 is 0 Å². The topological polar surface area (TPSA) is 79.5 Å². The molecule has 0 saturated carbocycles. The molecule has 0 unspecified atom stereocenters. The number of hydrogen-bond donors (Lipinski definition) is 2. The minimum absolute atomic E-state index is 0.0145. The molecule has 1 aromatic heterocycles. The lowest BCUT2D eigenvalue weighted by molar-refractivity contribution is -0.121. The van der Waals surface area contributed by atoms with Gasteiger partial charge in [0.25, 0.3) is 0 Å². The van der Waals surface area contributed by atoms with Crippen LogP contribution in [-0.2, 0) is 4.79 Å². The summed E-state index contributed by atoms with van der Waals surface area (Å²) in [7, 11) is 0. The summed E-state index contributed by atoms with van der Waals surface area (Å²) in [4.78, 5) is 11.2. The fraction of sp³-hybridized carbons (Fsp3) is 0.105. The van der Waals surface area contributed by atoms with Crippen LogP contribution in [0.2, 0.25) is 0 Å². The van der Waals surface area contributed by atoms with Crippen molar-refractivity contribution < 1.29 is 14.3 Å². The molecule has 0 fully saturated rings. The number of hydrogen-bond acceptors (Lipinski definition) is 4. The van der Waals surface area contributed by atoms with Crippen LogP contribution in [0.4, 0.5) is 4.39 Å². The molecule has 1 aliphatic rings. The van der Waals surface area contributed by atoms with Crippen LogP contribution in [0.1, 0.15) is 18.4 Å². The molecule has 0 bridgehead atoms. The van der Waals surface area contributed by atoms with E-state index in [0.29, 0.717) is 29.8 Å². The van der Waals surface area contributed by atoms with Crippen LogP contribution in [0, 0.1) is 5.82 Å². The normalized spacial score (nSPS) is 14.0. The smallest absolute Gasteiger partial charge is 0.240 e. The Labute approximate surface area is 148 Å².